The van der Waals surface area contributed by atoms with Crippen molar-refractivity contribution in [1.82, 2.24) is 20.4 Å². The van der Waals surface area contributed by atoms with Crippen LogP contribution in [0.1, 0.15) is 0 Å². The minimum absolute atomic E-state index is 0.166. The molecule has 2 saturated heterocycles. The van der Waals surface area contributed by atoms with Gasteiger partial charge in [-0.1, -0.05) is 58.7 Å². The highest BCUT2D eigenvalue weighted by Crippen LogP contribution is 2.58. The highest BCUT2D eigenvalue weighted by atomic mass is 16.4. The lowest BCUT2D eigenvalue weighted by atomic mass is 9.54. The fraction of sp³-hybridized carbons (Fsp3) is 0.214. The highest BCUT2D eigenvalue weighted by molar-refractivity contribution is 6.25. The van der Waals surface area contributed by atoms with E-state index < -0.39 is 59.1 Å². The summed E-state index contributed by atoms with van der Waals surface area (Å²) < 4.78 is 11.4. The van der Waals surface area contributed by atoms with Crippen LogP contribution in [0.3, 0.4) is 0 Å². The number of aromatic nitrogens is 4. The molecular formula is C28H18N6O6. The zero-order chi connectivity index (χ0) is 27.1. The predicted molar refractivity (Wildman–Crippen MR) is 135 cm³/mol. The van der Waals surface area contributed by atoms with Crippen LogP contribution in [0.5, 0.6) is 0 Å². The Morgan fingerprint density at radius 1 is 0.500 bits per heavy atom. The SMILES string of the molecule is O=C1C2C3C=CC(C2C(=O)N1c1nnc(-c2ccccc2)o1)C1C(=O)N(c2nnc(-c4ccccc4)o2)C(=O)C31. The number of imide groups is 2. The van der Waals surface area contributed by atoms with Crippen LogP contribution < -0.4 is 9.80 Å². The first-order valence-corrected chi connectivity index (χ1v) is 12.7. The zero-order valence-corrected chi connectivity index (χ0v) is 20.5. The summed E-state index contributed by atoms with van der Waals surface area (Å²) in [5.74, 6) is -6.48. The fourth-order valence-corrected chi connectivity index (χ4v) is 6.61. The van der Waals surface area contributed by atoms with Crippen LogP contribution in [0.2, 0.25) is 0 Å². The molecule has 2 aromatic heterocycles. The molecule has 0 spiro atoms. The summed E-state index contributed by atoms with van der Waals surface area (Å²) in [6.45, 7) is 0. The molecule has 2 aliphatic heterocycles. The summed E-state index contributed by atoms with van der Waals surface area (Å²) in [6.07, 6.45) is 3.53. The first-order valence-electron chi connectivity index (χ1n) is 12.7. The van der Waals surface area contributed by atoms with Crippen molar-refractivity contribution in [2.24, 2.45) is 35.5 Å². The molecule has 4 heterocycles. The van der Waals surface area contributed by atoms with E-state index in [0.717, 1.165) is 9.80 Å². The summed E-state index contributed by atoms with van der Waals surface area (Å²) in [5, 5.41) is 15.9. The number of carbonyl (C=O) groups is 4. The summed E-state index contributed by atoms with van der Waals surface area (Å²) in [5.41, 5.74) is 1.28. The maximum atomic E-state index is 13.7. The number of benzene rings is 2. The third-order valence-corrected chi connectivity index (χ3v) is 8.26. The van der Waals surface area contributed by atoms with Crippen molar-refractivity contribution in [2.75, 3.05) is 9.80 Å². The summed E-state index contributed by atoms with van der Waals surface area (Å²) >= 11 is 0. The molecular weight excluding hydrogens is 516 g/mol. The second-order valence-electron chi connectivity index (χ2n) is 10.2. The van der Waals surface area contributed by atoms with Crippen molar-refractivity contribution in [3.8, 4) is 22.9 Å². The molecule has 5 aliphatic rings. The van der Waals surface area contributed by atoms with E-state index in [-0.39, 0.29) is 23.8 Å². The molecule has 2 aromatic carbocycles. The van der Waals surface area contributed by atoms with Crippen molar-refractivity contribution >= 4 is 35.7 Å². The standard InChI is InChI=1S/C28H18N6O6/c35-23-17-15-11-12-16(18(17)24(36)33(23)27-31-29-21(39-27)13-7-3-1-4-8-13)20-19(15)25(37)34(26(20)38)28-32-30-22(40-28)14-9-5-2-6-10-14/h1-12,15-20H. The molecule has 0 radical (unpaired) electrons. The minimum atomic E-state index is -0.838. The van der Waals surface area contributed by atoms with Crippen LogP contribution in [0.25, 0.3) is 22.9 Å². The quantitative estimate of drug-likeness (QED) is 0.282. The smallest absolute Gasteiger partial charge is 0.332 e. The van der Waals surface area contributed by atoms with E-state index in [1.165, 1.54) is 0 Å². The topological polar surface area (TPSA) is 153 Å². The molecule has 1 saturated carbocycles. The third kappa shape index (κ3) is 2.95. The Morgan fingerprint density at radius 2 is 0.850 bits per heavy atom. The molecule has 196 valence electrons. The summed E-state index contributed by atoms with van der Waals surface area (Å²) in [7, 11) is 0. The lowest BCUT2D eigenvalue weighted by Crippen LogP contribution is -2.50. The number of rotatable bonds is 4. The van der Waals surface area contributed by atoms with Crippen molar-refractivity contribution in [1.29, 1.82) is 0 Å². The van der Waals surface area contributed by atoms with E-state index in [0.29, 0.717) is 11.1 Å². The van der Waals surface area contributed by atoms with Gasteiger partial charge in [0, 0.05) is 23.0 Å². The van der Waals surface area contributed by atoms with Gasteiger partial charge in [0.25, 0.3) is 0 Å². The molecule has 4 atom stereocenters. The zero-order valence-electron chi connectivity index (χ0n) is 20.5. The molecule has 4 amide bonds. The van der Waals surface area contributed by atoms with Gasteiger partial charge in [0.1, 0.15) is 0 Å². The number of nitrogens with zero attached hydrogens (tertiary/aromatic N) is 6. The van der Waals surface area contributed by atoms with Crippen molar-refractivity contribution in [2.45, 2.75) is 0 Å². The number of anilines is 2. The Bertz CT molecular complexity index is 1570. The summed E-state index contributed by atoms with van der Waals surface area (Å²) in [4.78, 5) is 56.5. The number of hydrogen-bond donors (Lipinski definition) is 0. The number of allylic oxidation sites excluding steroid dienone is 2. The van der Waals surface area contributed by atoms with Crippen LogP contribution in [0.15, 0.2) is 81.7 Å². The molecule has 3 aliphatic carbocycles. The largest absolute Gasteiger partial charge is 0.403 e. The van der Waals surface area contributed by atoms with Gasteiger partial charge in [0.05, 0.1) is 23.7 Å². The van der Waals surface area contributed by atoms with Crippen LogP contribution >= 0.6 is 0 Å². The van der Waals surface area contributed by atoms with Crippen LogP contribution in [-0.4, -0.2) is 44.0 Å². The lowest BCUT2D eigenvalue weighted by molar-refractivity contribution is -0.137. The second kappa shape index (κ2) is 8.12. The minimum Gasteiger partial charge on any atom is -0.403 e. The molecule has 12 nitrogen and oxygen atoms in total. The van der Waals surface area contributed by atoms with E-state index >= 15 is 0 Å². The average molecular weight is 534 g/mol. The molecule has 0 N–H and O–H groups in total. The Balaban J connectivity index is 1.11. The Hall–Kier alpha value is -5.26. The van der Waals surface area contributed by atoms with Gasteiger partial charge in [-0.05, 0) is 24.3 Å². The third-order valence-electron chi connectivity index (χ3n) is 8.26. The normalized spacial score (nSPS) is 28.5. The molecule has 40 heavy (non-hydrogen) atoms. The van der Waals surface area contributed by atoms with Gasteiger partial charge in [0.15, 0.2) is 0 Å². The number of amides is 4. The average Bonchev–Trinajstić information content (AvgIpc) is 3.77. The van der Waals surface area contributed by atoms with Gasteiger partial charge in [-0.15, -0.1) is 10.2 Å². The van der Waals surface area contributed by atoms with E-state index in [9.17, 15) is 19.2 Å². The van der Waals surface area contributed by atoms with Gasteiger partial charge in [-0.25, -0.2) is 0 Å². The molecule has 9 rings (SSSR count). The molecule has 3 fully saturated rings. The maximum absolute atomic E-state index is 13.7. The van der Waals surface area contributed by atoms with E-state index in [1.807, 2.05) is 12.1 Å². The first kappa shape index (κ1) is 22.7. The molecule has 4 unspecified atom stereocenters. The highest BCUT2D eigenvalue weighted by Gasteiger charge is 2.69. The van der Waals surface area contributed by atoms with Crippen molar-refractivity contribution < 1.29 is 28.0 Å². The van der Waals surface area contributed by atoms with Crippen molar-refractivity contribution in [3.05, 3.63) is 72.8 Å². The van der Waals surface area contributed by atoms with Crippen LogP contribution in [0.4, 0.5) is 12.0 Å². The van der Waals surface area contributed by atoms with E-state index in [4.69, 9.17) is 8.83 Å². The van der Waals surface area contributed by atoms with Gasteiger partial charge >= 0.3 is 12.0 Å². The van der Waals surface area contributed by atoms with Crippen LogP contribution in [0, 0.1) is 35.5 Å². The predicted octanol–water partition coefficient (Wildman–Crippen LogP) is 2.51. The summed E-state index contributed by atoms with van der Waals surface area (Å²) in [6, 6.07) is 17.5. The van der Waals surface area contributed by atoms with Gasteiger partial charge in [-0.3, -0.25) is 19.2 Å². The molecule has 12 heteroatoms. The van der Waals surface area contributed by atoms with Crippen LogP contribution in [-0.2, 0) is 19.2 Å². The number of carbonyl (C=O) groups excluding carboxylic acids is 4. The fourth-order valence-electron chi connectivity index (χ4n) is 6.61. The second-order valence-corrected chi connectivity index (χ2v) is 10.2. The Labute approximate surface area is 225 Å². The Kier molecular flexibility index (Phi) is 4.61. The maximum Gasteiger partial charge on any atom is 0.332 e. The van der Waals surface area contributed by atoms with Crippen molar-refractivity contribution in [3.63, 3.8) is 0 Å². The van der Waals surface area contributed by atoms with Gasteiger partial charge < -0.3 is 8.83 Å². The van der Waals surface area contributed by atoms with E-state index in [1.54, 1.807) is 60.7 Å². The van der Waals surface area contributed by atoms with Gasteiger partial charge in [0.2, 0.25) is 35.4 Å². The Morgan fingerprint density at radius 3 is 1.20 bits per heavy atom. The monoisotopic (exact) mass is 534 g/mol. The van der Waals surface area contributed by atoms with Gasteiger partial charge in [-0.2, -0.15) is 9.80 Å². The molecule has 4 aromatic rings. The molecule has 2 bridgehead atoms. The lowest BCUT2D eigenvalue weighted by Gasteiger charge is -2.44. The van der Waals surface area contributed by atoms with E-state index in [2.05, 4.69) is 20.4 Å². The first-order chi connectivity index (χ1) is 19.5. The number of hydrogen-bond acceptors (Lipinski definition) is 10.